The number of carbonyl (C=O) groups excluding carboxylic acids is 1. The fourth-order valence-corrected chi connectivity index (χ4v) is 2.70. The summed E-state index contributed by atoms with van der Waals surface area (Å²) >= 11 is 1.03. The van der Waals surface area contributed by atoms with Gasteiger partial charge in [-0.15, -0.1) is 0 Å². The van der Waals surface area contributed by atoms with Crippen LogP contribution in [0.25, 0.3) is 0 Å². The van der Waals surface area contributed by atoms with Gasteiger partial charge in [-0.05, 0) is 30.5 Å². The molecule has 22 heavy (non-hydrogen) atoms. The maximum Gasteiger partial charge on any atom is 0.344 e. The smallest absolute Gasteiger partial charge is 0.344 e. The summed E-state index contributed by atoms with van der Waals surface area (Å²) in [7, 11) is 0. The van der Waals surface area contributed by atoms with Gasteiger partial charge in [0.25, 0.3) is 5.69 Å². The first-order chi connectivity index (χ1) is 10.6. The predicted octanol–water partition coefficient (Wildman–Crippen LogP) is 4.61. The van der Waals surface area contributed by atoms with Crippen LogP contribution in [0.1, 0.15) is 42.1 Å². The van der Waals surface area contributed by atoms with Crippen molar-refractivity contribution in [2.45, 2.75) is 32.6 Å². The van der Waals surface area contributed by atoms with E-state index in [0.717, 1.165) is 24.2 Å². The Labute approximate surface area is 132 Å². The molecule has 0 saturated carbocycles. The Bertz CT molecular complexity index is 648. The fraction of sp³-hybridized carbons (Fsp3) is 0.312. The maximum atomic E-state index is 12.0. The number of unbranched alkanes of at least 4 members (excludes halogenated alkanes) is 2. The first-order valence-electron chi connectivity index (χ1n) is 7.14. The lowest BCUT2D eigenvalue weighted by molar-refractivity contribution is -0.384. The molecule has 0 radical (unpaired) electrons. The van der Waals surface area contributed by atoms with Crippen LogP contribution in [0.15, 0.2) is 35.7 Å². The molecule has 0 bridgehead atoms. The number of esters is 1. The number of hydrogen-bond donors (Lipinski definition) is 0. The number of rotatable bonds is 7. The first kappa shape index (κ1) is 16.2. The van der Waals surface area contributed by atoms with E-state index in [0.29, 0.717) is 5.56 Å². The van der Waals surface area contributed by atoms with Crippen LogP contribution in [-0.4, -0.2) is 10.9 Å². The second-order valence-electron chi connectivity index (χ2n) is 4.92. The van der Waals surface area contributed by atoms with E-state index in [9.17, 15) is 14.9 Å². The van der Waals surface area contributed by atoms with Crippen molar-refractivity contribution in [3.05, 3.63) is 57.0 Å². The molecule has 1 aromatic carbocycles. The lowest BCUT2D eigenvalue weighted by Gasteiger charge is -2.04. The molecule has 0 saturated heterocycles. The highest BCUT2D eigenvalue weighted by Gasteiger charge is 2.14. The maximum absolute atomic E-state index is 12.0. The number of carbonyl (C=O) groups is 1. The van der Waals surface area contributed by atoms with Gasteiger partial charge in [-0.3, -0.25) is 10.1 Å². The van der Waals surface area contributed by atoms with Crippen molar-refractivity contribution in [2.75, 3.05) is 0 Å². The molecule has 0 N–H and O–H groups in total. The summed E-state index contributed by atoms with van der Waals surface area (Å²) in [4.78, 5) is 22.1. The van der Waals surface area contributed by atoms with E-state index in [1.54, 1.807) is 12.1 Å². The number of nitrogens with zero attached hydrogens (tertiary/aromatic N) is 1. The van der Waals surface area contributed by atoms with E-state index in [1.165, 1.54) is 29.9 Å². The molecule has 2 aromatic rings. The Morgan fingerprint density at radius 2 is 2.00 bits per heavy atom. The Balaban J connectivity index is 1.95. The average molecular weight is 319 g/mol. The summed E-state index contributed by atoms with van der Waals surface area (Å²) in [6, 6.07) is 8.55. The lowest BCUT2D eigenvalue weighted by Crippen LogP contribution is -2.07. The number of nitro groups is 1. The van der Waals surface area contributed by atoms with Crippen molar-refractivity contribution in [3.63, 3.8) is 0 Å². The largest absolute Gasteiger partial charge is 0.412 e. The van der Waals surface area contributed by atoms with E-state index in [-0.39, 0.29) is 10.8 Å². The normalized spacial score (nSPS) is 10.4. The number of benzene rings is 1. The molecule has 6 heteroatoms. The summed E-state index contributed by atoms with van der Waals surface area (Å²) in [5, 5.41) is 12.2. The summed E-state index contributed by atoms with van der Waals surface area (Å²) in [6.07, 6.45) is 4.51. The van der Waals surface area contributed by atoms with Gasteiger partial charge in [0.2, 0.25) is 0 Å². The van der Waals surface area contributed by atoms with Crippen molar-refractivity contribution in [3.8, 4) is 5.06 Å². The number of aryl methyl sites for hydroxylation is 1. The second-order valence-corrected chi connectivity index (χ2v) is 5.80. The van der Waals surface area contributed by atoms with Crippen LogP contribution in [0.5, 0.6) is 5.06 Å². The molecule has 1 aromatic heterocycles. The molecule has 116 valence electrons. The van der Waals surface area contributed by atoms with E-state index < -0.39 is 10.9 Å². The van der Waals surface area contributed by atoms with E-state index in [2.05, 4.69) is 6.92 Å². The molecular weight excluding hydrogens is 302 g/mol. The third-order valence-corrected chi connectivity index (χ3v) is 4.02. The average Bonchev–Trinajstić information content (AvgIpc) is 2.97. The molecule has 0 spiro atoms. The highest BCUT2D eigenvalue weighted by Crippen LogP contribution is 2.28. The summed E-state index contributed by atoms with van der Waals surface area (Å²) < 4.78 is 5.14. The van der Waals surface area contributed by atoms with Crippen LogP contribution < -0.4 is 4.74 Å². The van der Waals surface area contributed by atoms with E-state index in [4.69, 9.17) is 4.74 Å². The van der Waals surface area contributed by atoms with Gasteiger partial charge >= 0.3 is 5.97 Å². The van der Waals surface area contributed by atoms with E-state index in [1.807, 2.05) is 12.1 Å². The molecule has 0 aliphatic rings. The molecule has 0 unspecified atom stereocenters. The highest BCUT2D eigenvalue weighted by molar-refractivity contribution is 7.12. The van der Waals surface area contributed by atoms with Gasteiger partial charge in [0, 0.05) is 0 Å². The van der Waals surface area contributed by atoms with Crippen molar-refractivity contribution in [2.24, 2.45) is 0 Å². The topological polar surface area (TPSA) is 69.4 Å². The molecule has 0 aliphatic heterocycles. The van der Waals surface area contributed by atoms with Gasteiger partial charge in [0.15, 0.2) is 5.06 Å². The Morgan fingerprint density at radius 1 is 1.27 bits per heavy atom. The zero-order valence-corrected chi connectivity index (χ0v) is 13.1. The van der Waals surface area contributed by atoms with Gasteiger partial charge in [-0.2, -0.15) is 0 Å². The molecule has 0 fully saturated rings. The molecule has 5 nitrogen and oxygen atoms in total. The minimum Gasteiger partial charge on any atom is -0.412 e. The van der Waals surface area contributed by atoms with Crippen LogP contribution >= 0.6 is 11.3 Å². The second kappa shape index (κ2) is 7.70. The minimum atomic E-state index is -0.515. The van der Waals surface area contributed by atoms with Gasteiger partial charge in [0.05, 0.1) is 21.9 Å². The fourth-order valence-electron chi connectivity index (χ4n) is 1.99. The Kier molecular flexibility index (Phi) is 5.66. The monoisotopic (exact) mass is 319 g/mol. The van der Waals surface area contributed by atoms with Crippen LogP contribution in [0.4, 0.5) is 5.69 Å². The number of hydrogen-bond acceptors (Lipinski definition) is 5. The van der Waals surface area contributed by atoms with Crippen molar-refractivity contribution >= 4 is 23.0 Å². The van der Waals surface area contributed by atoms with E-state index >= 15 is 0 Å². The summed E-state index contributed by atoms with van der Waals surface area (Å²) in [6.45, 7) is 2.16. The van der Waals surface area contributed by atoms with Crippen LogP contribution in [0.2, 0.25) is 0 Å². The van der Waals surface area contributed by atoms with Crippen molar-refractivity contribution in [1.82, 2.24) is 0 Å². The van der Waals surface area contributed by atoms with Crippen molar-refractivity contribution < 1.29 is 14.5 Å². The zero-order valence-electron chi connectivity index (χ0n) is 12.3. The quantitative estimate of drug-likeness (QED) is 0.323. The molecule has 0 atom stereocenters. The molecule has 1 heterocycles. The zero-order chi connectivity index (χ0) is 15.9. The summed E-state index contributed by atoms with van der Waals surface area (Å²) in [5.41, 5.74) is 1.56. The lowest BCUT2D eigenvalue weighted by atomic mass is 10.1. The third kappa shape index (κ3) is 4.39. The molecule has 0 amide bonds. The molecule has 2 rings (SSSR count). The number of thiophene rings is 1. The van der Waals surface area contributed by atoms with Gasteiger partial charge in [-0.1, -0.05) is 43.2 Å². The predicted molar refractivity (Wildman–Crippen MR) is 85.6 cm³/mol. The highest BCUT2D eigenvalue weighted by atomic mass is 32.1. The summed E-state index contributed by atoms with van der Waals surface area (Å²) in [5.74, 6) is -0.503. The van der Waals surface area contributed by atoms with Crippen molar-refractivity contribution in [1.29, 1.82) is 0 Å². The Morgan fingerprint density at radius 3 is 2.59 bits per heavy atom. The van der Waals surface area contributed by atoms with Gasteiger partial charge < -0.3 is 4.74 Å². The standard InChI is InChI=1S/C16H17NO4S/c1-2-3-4-5-12-6-8-13(9-7-12)16(18)21-15-10-14(11-22-15)17(19)20/h6-11H,2-5H2,1H3. The number of ether oxygens (including phenoxy) is 1. The first-order valence-corrected chi connectivity index (χ1v) is 8.02. The van der Waals surface area contributed by atoms with Gasteiger partial charge in [-0.25, -0.2) is 4.79 Å². The van der Waals surface area contributed by atoms with Crippen LogP contribution in [0, 0.1) is 10.1 Å². The van der Waals surface area contributed by atoms with Crippen LogP contribution in [-0.2, 0) is 6.42 Å². The molecular formula is C16H17NO4S. The van der Waals surface area contributed by atoms with Gasteiger partial charge in [0.1, 0.15) is 0 Å². The third-order valence-electron chi connectivity index (χ3n) is 3.22. The van der Waals surface area contributed by atoms with Crippen LogP contribution in [0.3, 0.4) is 0 Å². The Hall–Kier alpha value is -2.21. The minimum absolute atomic E-state index is 0.0703. The molecule has 0 aliphatic carbocycles. The SMILES string of the molecule is CCCCCc1ccc(C(=O)Oc2cc([N+](=O)[O-])cs2)cc1.